The Morgan fingerprint density at radius 2 is 2.00 bits per heavy atom. The van der Waals surface area contributed by atoms with Gasteiger partial charge >= 0.3 is 0 Å². The van der Waals surface area contributed by atoms with Gasteiger partial charge in [0.1, 0.15) is 0 Å². The van der Waals surface area contributed by atoms with Crippen molar-refractivity contribution in [2.24, 2.45) is 10.8 Å². The zero-order chi connectivity index (χ0) is 10.7. The van der Waals surface area contributed by atoms with Crippen molar-refractivity contribution in [3.8, 4) is 0 Å². The third kappa shape index (κ3) is 1.19. The summed E-state index contributed by atoms with van der Waals surface area (Å²) in [5.74, 6) is 0. The lowest BCUT2D eigenvalue weighted by Gasteiger charge is -2.31. The van der Waals surface area contributed by atoms with E-state index in [-0.39, 0.29) is 0 Å². The van der Waals surface area contributed by atoms with Crippen LogP contribution in [0.3, 0.4) is 0 Å². The topological polar surface area (TPSA) is 3.24 Å². The molecule has 0 aromatic heterocycles. The maximum atomic E-state index is 2.78. The summed E-state index contributed by atoms with van der Waals surface area (Å²) in [4.78, 5) is 2.78. The molecule has 15 heavy (non-hydrogen) atoms. The van der Waals surface area contributed by atoms with Crippen LogP contribution in [0.15, 0.2) is 0 Å². The molecule has 86 valence electrons. The van der Waals surface area contributed by atoms with Gasteiger partial charge in [-0.05, 0) is 56.8 Å². The van der Waals surface area contributed by atoms with Crippen LogP contribution < -0.4 is 0 Å². The molecule has 3 aliphatic rings. The third-order valence-corrected chi connectivity index (χ3v) is 5.70. The smallest absolute Gasteiger partial charge is 0.0101 e. The second-order valence-electron chi connectivity index (χ2n) is 6.62. The maximum absolute atomic E-state index is 2.78. The van der Waals surface area contributed by atoms with Gasteiger partial charge in [0, 0.05) is 18.6 Å². The van der Waals surface area contributed by atoms with Crippen LogP contribution in [0.25, 0.3) is 0 Å². The summed E-state index contributed by atoms with van der Waals surface area (Å²) in [6.07, 6.45) is 9.06. The summed E-state index contributed by atoms with van der Waals surface area (Å²) < 4.78 is 0. The molecule has 1 saturated heterocycles. The summed E-state index contributed by atoms with van der Waals surface area (Å²) in [6.45, 7) is 8.53. The molecule has 0 aromatic rings. The van der Waals surface area contributed by atoms with Crippen molar-refractivity contribution in [1.82, 2.24) is 4.90 Å². The lowest BCUT2D eigenvalue weighted by Crippen LogP contribution is -2.35. The van der Waals surface area contributed by atoms with Gasteiger partial charge in [-0.15, -0.1) is 0 Å². The van der Waals surface area contributed by atoms with Crippen LogP contribution >= 0.6 is 0 Å². The molecule has 2 aliphatic carbocycles. The molecular formula is C14H25N. The van der Waals surface area contributed by atoms with Crippen LogP contribution in [0.2, 0.25) is 0 Å². The van der Waals surface area contributed by atoms with Crippen molar-refractivity contribution in [3.63, 3.8) is 0 Å². The van der Waals surface area contributed by atoms with E-state index < -0.39 is 0 Å². The van der Waals surface area contributed by atoms with Gasteiger partial charge in [0.25, 0.3) is 0 Å². The summed E-state index contributed by atoms with van der Waals surface area (Å²) in [5, 5.41) is 0. The monoisotopic (exact) mass is 207 g/mol. The molecule has 0 amide bonds. The molecule has 1 aliphatic heterocycles. The molecule has 1 unspecified atom stereocenters. The Morgan fingerprint density at radius 3 is 2.33 bits per heavy atom. The number of hydrogen-bond donors (Lipinski definition) is 0. The summed E-state index contributed by atoms with van der Waals surface area (Å²) in [5.41, 5.74) is 1.64. The first kappa shape index (κ1) is 10.1. The van der Waals surface area contributed by atoms with Gasteiger partial charge in [-0.1, -0.05) is 13.3 Å². The molecule has 0 bridgehead atoms. The Balaban J connectivity index is 1.75. The first-order valence-electron chi connectivity index (χ1n) is 6.88. The first-order chi connectivity index (χ1) is 7.12. The summed E-state index contributed by atoms with van der Waals surface area (Å²) >= 11 is 0. The van der Waals surface area contributed by atoms with E-state index in [0.29, 0.717) is 0 Å². The molecule has 2 atom stereocenters. The van der Waals surface area contributed by atoms with Crippen molar-refractivity contribution in [2.45, 2.75) is 71.4 Å². The van der Waals surface area contributed by atoms with Crippen molar-refractivity contribution in [1.29, 1.82) is 0 Å². The fraction of sp³-hybridized carbons (Fsp3) is 1.00. The first-order valence-corrected chi connectivity index (χ1v) is 6.88. The van der Waals surface area contributed by atoms with Gasteiger partial charge in [0.15, 0.2) is 0 Å². The van der Waals surface area contributed by atoms with E-state index in [1.165, 1.54) is 25.8 Å². The highest BCUT2D eigenvalue weighted by molar-refractivity contribution is 5.22. The van der Waals surface area contributed by atoms with E-state index in [4.69, 9.17) is 0 Å². The van der Waals surface area contributed by atoms with Gasteiger partial charge in [0.2, 0.25) is 0 Å². The highest BCUT2D eigenvalue weighted by atomic mass is 15.2. The van der Waals surface area contributed by atoms with E-state index in [2.05, 4.69) is 25.7 Å². The molecule has 0 aromatic carbocycles. The van der Waals surface area contributed by atoms with E-state index in [9.17, 15) is 0 Å². The van der Waals surface area contributed by atoms with E-state index in [1.807, 2.05) is 0 Å². The highest BCUT2D eigenvalue weighted by Gasteiger charge is 2.71. The van der Waals surface area contributed by atoms with Crippen LogP contribution in [0, 0.1) is 10.8 Å². The van der Waals surface area contributed by atoms with Gasteiger partial charge in [-0.2, -0.15) is 0 Å². The second kappa shape index (κ2) is 3.00. The normalized spacial score (nSPS) is 42.8. The van der Waals surface area contributed by atoms with Gasteiger partial charge in [0.05, 0.1) is 0 Å². The Hall–Kier alpha value is -0.0400. The summed E-state index contributed by atoms with van der Waals surface area (Å²) in [6, 6.07) is 1.65. The lowest BCUT2D eigenvalue weighted by atomic mass is 9.74. The molecule has 3 rings (SSSR count). The van der Waals surface area contributed by atoms with Crippen molar-refractivity contribution >= 4 is 0 Å². The second-order valence-corrected chi connectivity index (χ2v) is 6.62. The zero-order valence-electron chi connectivity index (χ0n) is 10.6. The Labute approximate surface area is 94.2 Å². The van der Waals surface area contributed by atoms with Crippen LogP contribution in [0.1, 0.15) is 59.3 Å². The SMILES string of the molecule is CC[C@@H]1CC2(CN1C(C)C)CC21CCC1. The van der Waals surface area contributed by atoms with E-state index in [0.717, 1.165) is 22.9 Å². The van der Waals surface area contributed by atoms with Crippen molar-refractivity contribution in [2.75, 3.05) is 6.54 Å². The predicted octanol–water partition coefficient (Wildman–Crippen LogP) is 3.44. The fourth-order valence-electron chi connectivity index (χ4n) is 4.52. The summed E-state index contributed by atoms with van der Waals surface area (Å²) in [7, 11) is 0. The molecule has 1 heteroatoms. The fourth-order valence-corrected chi connectivity index (χ4v) is 4.52. The maximum Gasteiger partial charge on any atom is 0.0101 e. The number of rotatable bonds is 2. The number of hydrogen-bond acceptors (Lipinski definition) is 1. The lowest BCUT2D eigenvalue weighted by molar-refractivity contribution is 0.173. The molecule has 2 saturated carbocycles. The Bertz CT molecular complexity index is 267. The number of likely N-dealkylation sites (tertiary alicyclic amines) is 1. The molecule has 2 spiro atoms. The van der Waals surface area contributed by atoms with Crippen LogP contribution in [0.4, 0.5) is 0 Å². The molecule has 1 nitrogen and oxygen atoms in total. The Kier molecular flexibility index (Phi) is 2.03. The van der Waals surface area contributed by atoms with Gasteiger partial charge < -0.3 is 0 Å². The minimum atomic E-state index is 0.757. The number of nitrogens with zero attached hydrogens (tertiary/aromatic N) is 1. The molecular weight excluding hydrogens is 182 g/mol. The van der Waals surface area contributed by atoms with Crippen LogP contribution in [-0.2, 0) is 0 Å². The van der Waals surface area contributed by atoms with Gasteiger partial charge in [-0.3, -0.25) is 4.90 Å². The molecule has 0 radical (unpaired) electrons. The molecule has 0 N–H and O–H groups in total. The number of fused-ring (bicyclic) bond motifs is 1. The average molecular weight is 207 g/mol. The van der Waals surface area contributed by atoms with Crippen molar-refractivity contribution in [3.05, 3.63) is 0 Å². The standard InChI is InChI=1S/C14H25N/c1-4-12-8-14(10-15(12)11(2)3)9-13(14)6-5-7-13/h11-12H,4-10H2,1-3H3/t12-,14?/m1/s1. The quantitative estimate of drug-likeness (QED) is 0.670. The third-order valence-electron chi connectivity index (χ3n) is 5.70. The van der Waals surface area contributed by atoms with Gasteiger partial charge in [-0.25, -0.2) is 0 Å². The molecule has 1 heterocycles. The minimum Gasteiger partial charge on any atom is -0.297 e. The van der Waals surface area contributed by atoms with Crippen molar-refractivity contribution < 1.29 is 0 Å². The predicted molar refractivity (Wildman–Crippen MR) is 63.9 cm³/mol. The molecule has 3 fully saturated rings. The minimum absolute atomic E-state index is 0.757. The zero-order valence-corrected chi connectivity index (χ0v) is 10.6. The average Bonchev–Trinajstić information content (AvgIpc) is 2.62. The van der Waals surface area contributed by atoms with Crippen LogP contribution in [0.5, 0.6) is 0 Å². The highest BCUT2D eigenvalue weighted by Crippen LogP contribution is 2.77. The Morgan fingerprint density at radius 1 is 1.27 bits per heavy atom. The van der Waals surface area contributed by atoms with Crippen LogP contribution in [-0.4, -0.2) is 23.5 Å². The van der Waals surface area contributed by atoms with E-state index >= 15 is 0 Å². The largest absolute Gasteiger partial charge is 0.297 e. The van der Waals surface area contributed by atoms with E-state index in [1.54, 1.807) is 19.3 Å².